The molecule has 0 fully saturated rings. The lowest BCUT2D eigenvalue weighted by atomic mass is 10.1. The van der Waals surface area contributed by atoms with E-state index in [0.29, 0.717) is 10.9 Å². The van der Waals surface area contributed by atoms with E-state index in [4.69, 9.17) is 4.74 Å². The molecule has 0 saturated carbocycles. The minimum absolute atomic E-state index is 0.0657. The fraction of sp³-hybridized carbons (Fsp3) is 0.300. The maximum Gasteiger partial charge on any atom is 0.173 e. The Labute approximate surface area is 96.2 Å². The summed E-state index contributed by atoms with van der Waals surface area (Å²) in [6.45, 7) is 0. The van der Waals surface area contributed by atoms with Gasteiger partial charge in [0.2, 0.25) is 0 Å². The molecule has 0 saturated heterocycles. The lowest BCUT2D eigenvalue weighted by molar-refractivity contribution is 0.102. The van der Waals surface area contributed by atoms with Crippen LogP contribution in [-0.4, -0.2) is 24.5 Å². The van der Waals surface area contributed by atoms with Crippen LogP contribution in [0.3, 0.4) is 0 Å². The number of ketones is 1. The molecule has 0 amide bonds. The van der Waals surface area contributed by atoms with Gasteiger partial charge in [-0.2, -0.15) is 0 Å². The number of ether oxygens (including phenoxy) is 1. The molecule has 0 atom stereocenters. The van der Waals surface area contributed by atoms with Gasteiger partial charge in [0.25, 0.3) is 0 Å². The largest absolute Gasteiger partial charge is 0.496 e. The fourth-order valence-electron chi connectivity index (χ4n) is 1.09. The van der Waals surface area contributed by atoms with Crippen molar-refractivity contribution in [3.05, 3.63) is 23.8 Å². The number of benzene rings is 1. The molecule has 76 valence electrons. The number of hydrogen-bond acceptors (Lipinski definition) is 3. The van der Waals surface area contributed by atoms with E-state index < -0.39 is 0 Å². The third kappa shape index (κ3) is 2.51. The molecule has 1 rings (SSSR count). The number of hydrogen-bond donors (Lipinski definition) is 0. The van der Waals surface area contributed by atoms with Gasteiger partial charge < -0.3 is 4.74 Å². The predicted octanol–water partition coefficient (Wildman–Crippen LogP) is 2.99. The van der Waals surface area contributed by atoms with Crippen molar-refractivity contribution in [2.24, 2.45) is 0 Å². The Morgan fingerprint density at radius 3 is 2.79 bits per heavy atom. The highest BCUT2D eigenvalue weighted by Gasteiger charge is 2.08. The molecule has 0 unspecified atom stereocenters. The maximum atomic E-state index is 11.4. The van der Waals surface area contributed by atoms with Gasteiger partial charge in [-0.1, -0.05) is 15.9 Å². The van der Waals surface area contributed by atoms with E-state index in [-0.39, 0.29) is 5.78 Å². The molecule has 0 aliphatic rings. The van der Waals surface area contributed by atoms with Crippen LogP contribution in [0.4, 0.5) is 0 Å². The number of methoxy groups -OCH3 is 1. The number of thioether (sulfide) groups is 1. The lowest BCUT2D eigenvalue weighted by Gasteiger charge is -2.07. The molecule has 0 N–H and O–H groups in total. The number of rotatable bonds is 4. The summed E-state index contributed by atoms with van der Waals surface area (Å²) in [7, 11) is 1.61. The highest BCUT2D eigenvalue weighted by atomic mass is 79.9. The summed E-state index contributed by atoms with van der Waals surface area (Å²) in [6, 6.07) is 5.49. The Bertz CT molecular complexity index is 339. The minimum atomic E-state index is 0.0657. The summed E-state index contributed by atoms with van der Waals surface area (Å²) in [5, 5.41) is 0.342. The first-order chi connectivity index (χ1) is 6.72. The molecule has 0 aliphatic carbocycles. The highest BCUT2D eigenvalue weighted by Crippen LogP contribution is 2.28. The van der Waals surface area contributed by atoms with E-state index >= 15 is 0 Å². The number of carbonyl (C=O) groups excluding carboxylic acids is 1. The topological polar surface area (TPSA) is 26.3 Å². The van der Waals surface area contributed by atoms with E-state index in [0.717, 1.165) is 10.6 Å². The van der Waals surface area contributed by atoms with Crippen LogP contribution < -0.4 is 4.74 Å². The average Bonchev–Trinajstić information content (AvgIpc) is 2.26. The monoisotopic (exact) mass is 274 g/mol. The number of Topliss-reactive ketones (excluding diaryl/α,β-unsaturated/α-hetero) is 1. The van der Waals surface area contributed by atoms with Gasteiger partial charge in [0, 0.05) is 10.5 Å². The van der Waals surface area contributed by atoms with Crippen LogP contribution >= 0.6 is 27.7 Å². The number of carbonyl (C=O) groups is 1. The summed E-state index contributed by atoms with van der Waals surface area (Å²) in [6.07, 6.45) is 1.98. The lowest BCUT2D eigenvalue weighted by Crippen LogP contribution is -2.00. The second-order valence-corrected chi connectivity index (χ2v) is 4.04. The van der Waals surface area contributed by atoms with Gasteiger partial charge in [-0.25, -0.2) is 0 Å². The van der Waals surface area contributed by atoms with Gasteiger partial charge in [-0.05, 0) is 24.5 Å². The van der Waals surface area contributed by atoms with Crippen LogP contribution in [0.2, 0.25) is 0 Å². The van der Waals surface area contributed by atoms with E-state index in [9.17, 15) is 4.79 Å². The Morgan fingerprint density at radius 1 is 1.57 bits per heavy atom. The SMILES string of the molecule is COc1cc(C(=O)CBr)ccc1SC. The van der Waals surface area contributed by atoms with Gasteiger partial charge in [-0.15, -0.1) is 11.8 Å². The highest BCUT2D eigenvalue weighted by molar-refractivity contribution is 9.09. The Kier molecular flexibility index (Phi) is 4.48. The van der Waals surface area contributed by atoms with Crippen molar-refractivity contribution in [2.45, 2.75) is 4.90 Å². The molecular formula is C10H11BrO2S. The standard InChI is InChI=1S/C10H11BrO2S/c1-13-9-5-7(8(12)6-11)3-4-10(9)14-2/h3-5H,6H2,1-2H3. The van der Waals surface area contributed by atoms with E-state index in [1.165, 1.54) is 0 Å². The molecule has 0 bridgehead atoms. The quantitative estimate of drug-likeness (QED) is 0.480. The first-order valence-electron chi connectivity index (χ1n) is 4.04. The van der Waals surface area contributed by atoms with Crippen molar-refractivity contribution in [1.29, 1.82) is 0 Å². The summed E-state index contributed by atoms with van der Waals surface area (Å²) in [4.78, 5) is 12.4. The predicted molar refractivity (Wildman–Crippen MR) is 62.9 cm³/mol. The molecule has 1 aromatic carbocycles. The zero-order chi connectivity index (χ0) is 10.6. The molecule has 4 heteroatoms. The van der Waals surface area contributed by atoms with Gasteiger partial charge >= 0.3 is 0 Å². The van der Waals surface area contributed by atoms with Crippen molar-refractivity contribution in [1.82, 2.24) is 0 Å². The third-order valence-electron chi connectivity index (χ3n) is 1.83. The van der Waals surface area contributed by atoms with Gasteiger partial charge in [-0.3, -0.25) is 4.79 Å². The molecular weight excluding hydrogens is 264 g/mol. The summed E-state index contributed by atoms with van der Waals surface area (Å²) < 4.78 is 5.18. The molecule has 2 nitrogen and oxygen atoms in total. The van der Waals surface area contributed by atoms with Crippen LogP contribution in [0.15, 0.2) is 23.1 Å². The van der Waals surface area contributed by atoms with Crippen molar-refractivity contribution < 1.29 is 9.53 Å². The second-order valence-electron chi connectivity index (χ2n) is 2.63. The summed E-state index contributed by atoms with van der Waals surface area (Å²) >= 11 is 4.74. The molecule has 0 heterocycles. The van der Waals surface area contributed by atoms with E-state index in [1.807, 2.05) is 18.4 Å². The van der Waals surface area contributed by atoms with Crippen LogP contribution in [0.25, 0.3) is 0 Å². The van der Waals surface area contributed by atoms with Crippen molar-refractivity contribution in [2.75, 3.05) is 18.7 Å². The Hall–Kier alpha value is -0.480. The first kappa shape index (κ1) is 11.6. The third-order valence-corrected chi connectivity index (χ3v) is 3.11. The average molecular weight is 275 g/mol. The maximum absolute atomic E-state index is 11.4. The Morgan fingerprint density at radius 2 is 2.29 bits per heavy atom. The fourth-order valence-corrected chi connectivity index (χ4v) is 1.96. The van der Waals surface area contributed by atoms with Crippen molar-refractivity contribution >= 4 is 33.5 Å². The smallest absolute Gasteiger partial charge is 0.173 e. The van der Waals surface area contributed by atoms with Gasteiger partial charge in [0.1, 0.15) is 5.75 Å². The molecule has 0 radical (unpaired) electrons. The molecule has 0 spiro atoms. The van der Waals surface area contributed by atoms with Crippen molar-refractivity contribution in [3.8, 4) is 5.75 Å². The first-order valence-corrected chi connectivity index (χ1v) is 6.38. The normalized spacial score (nSPS) is 9.93. The zero-order valence-corrected chi connectivity index (χ0v) is 10.4. The number of alkyl halides is 1. The van der Waals surface area contributed by atoms with Gasteiger partial charge in [0.15, 0.2) is 5.78 Å². The van der Waals surface area contributed by atoms with Gasteiger partial charge in [0.05, 0.1) is 12.4 Å². The van der Waals surface area contributed by atoms with E-state index in [1.54, 1.807) is 24.9 Å². The zero-order valence-electron chi connectivity index (χ0n) is 8.04. The van der Waals surface area contributed by atoms with Crippen LogP contribution in [0, 0.1) is 0 Å². The molecule has 1 aromatic rings. The molecule has 14 heavy (non-hydrogen) atoms. The number of halogens is 1. The summed E-state index contributed by atoms with van der Waals surface area (Å²) in [5.41, 5.74) is 0.677. The summed E-state index contributed by atoms with van der Waals surface area (Å²) in [5.74, 6) is 0.820. The Balaban J connectivity index is 3.07. The van der Waals surface area contributed by atoms with Crippen LogP contribution in [0.1, 0.15) is 10.4 Å². The molecule has 0 aromatic heterocycles. The van der Waals surface area contributed by atoms with Crippen LogP contribution in [-0.2, 0) is 0 Å². The van der Waals surface area contributed by atoms with E-state index in [2.05, 4.69) is 15.9 Å². The second kappa shape index (κ2) is 5.41. The molecule has 0 aliphatic heterocycles. The van der Waals surface area contributed by atoms with Crippen molar-refractivity contribution in [3.63, 3.8) is 0 Å². The van der Waals surface area contributed by atoms with Crippen LogP contribution in [0.5, 0.6) is 5.75 Å². The minimum Gasteiger partial charge on any atom is -0.496 e.